The third-order valence-corrected chi connectivity index (χ3v) is 3.38. The SMILES string of the molecule is Cc1cc(Cl)ccc1OCC(O)CN1CCOCC1.Cl. The first kappa shape index (κ1) is 17.5. The molecule has 0 saturated carbocycles. The zero-order valence-corrected chi connectivity index (χ0v) is 13.1. The summed E-state index contributed by atoms with van der Waals surface area (Å²) >= 11 is 5.89. The van der Waals surface area contributed by atoms with E-state index in [9.17, 15) is 5.11 Å². The lowest BCUT2D eigenvalue weighted by atomic mass is 10.2. The first-order chi connectivity index (χ1) is 9.15. The maximum Gasteiger partial charge on any atom is 0.122 e. The van der Waals surface area contributed by atoms with Crippen LogP contribution in [0, 0.1) is 6.92 Å². The van der Waals surface area contributed by atoms with Crippen LogP contribution in [0.2, 0.25) is 5.02 Å². The van der Waals surface area contributed by atoms with E-state index in [-0.39, 0.29) is 12.4 Å². The van der Waals surface area contributed by atoms with Crippen molar-refractivity contribution in [1.29, 1.82) is 0 Å². The lowest BCUT2D eigenvalue weighted by Crippen LogP contribution is -2.42. The molecule has 1 unspecified atom stereocenters. The summed E-state index contributed by atoms with van der Waals surface area (Å²) in [5.41, 5.74) is 0.978. The van der Waals surface area contributed by atoms with Gasteiger partial charge in [0.15, 0.2) is 0 Å². The maximum absolute atomic E-state index is 9.97. The number of rotatable bonds is 5. The highest BCUT2D eigenvalue weighted by molar-refractivity contribution is 6.30. The van der Waals surface area contributed by atoms with Gasteiger partial charge < -0.3 is 14.6 Å². The number of aryl methyl sites for hydroxylation is 1. The van der Waals surface area contributed by atoms with E-state index in [2.05, 4.69) is 4.90 Å². The number of hydrogen-bond acceptors (Lipinski definition) is 4. The second kappa shape index (κ2) is 8.70. The van der Waals surface area contributed by atoms with Gasteiger partial charge in [0.05, 0.1) is 13.2 Å². The van der Waals surface area contributed by atoms with Gasteiger partial charge in [-0.25, -0.2) is 0 Å². The first-order valence-electron chi connectivity index (χ1n) is 6.52. The monoisotopic (exact) mass is 321 g/mol. The van der Waals surface area contributed by atoms with Gasteiger partial charge in [0.2, 0.25) is 0 Å². The average molecular weight is 322 g/mol. The second-order valence-corrected chi connectivity index (χ2v) is 5.22. The number of ether oxygens (including phenoxy) is 2. The molecular formula is C14H21Cl2NO3. The lowest BCUT2D eigenvalue weighted by Gasteiger charge is -2.28. The van der Waals surface area contributed by atoms with Crippen molar-refractivity contribution in [1.82, 2.24) is 4.90 Å². The zero-order valence-electron chi connectivity index (χ0n) is 11.5. The molecule has 2 rings (SSSR count). The molecule has 6 heteroatoms. The van der Waals surface area contributed by atoms with Gasteiger partial charge in [-0.3, -0.25) is 4.90 Å². The topological polar surface area (TPSA) is 41.9 Å². The average Bonchev–Trinajstić information content (AvgIpc) is 2.39. The Bertz CT molecular complexity index is 411. The summed E-state index contributed by atoms with van der Waals surface area (Å²) in [5, 5.41) is 10.7. The number of β-amino-alcohol motifs (C(OH)–C–C–N with tert-alkyl or cyclic N) is 1. The van der Waals surface area contributed by atoms with Crippen molar-refractivity contribution >= 4 is 24.0 Å². The van der Waals surface area contributed by atoms with Crippen molar-refractivity contribution in [2.75, 3.05) is 39.5 Å². The number of nitrogens with zero attached hydrogens (tertiary/aromatic N) is 1. The van der Waals surface area contributed by atoms with Crippen molar-refractivity contribution in [3.8, 4) is 5.75 Å². The Morgan fingerprint density at radius 3 is 2.75 bits per heavy atom. The quantitative estimate of drug-likeness (QED) is 0.902. The minimum absolute atomic E-state index is 0. The molecule has 1 heterocycles. The van der Waals surface area contributed by atoms with Crippen LogP contribution < -0.4 is 4.74 Å². The molecule has 1 N–H and O–H groups in total. The predicted octanol–water partition coefficient (Wildman–Crippen LogP) is 2.14. The first-order valence-corrected chi connectivity index (χ1v) is 6.90. The Morgan fingerprint density at radius 2 is 2.10 bits per heavy atom. The molecule has 0 radical (unpaired) electrons. The number of benzene rings is 1. The molecule has 4 nitrogen and oxygen atoms in total. The van der Waals surface area contributed by atoms with Gasteiger partial charge in [-0.2, -0.15) is 0 Å². The van der Waals surface area contributed by atoms with Gasteiger partial charge >= 0.3 is 0 Å². The number of morpholine rings is 1. The van der Waals surface area contributed by atoms with E-state index in [4.69, 9.17) is 21.1 Å². The van der Waals surface area contributed by atoms with E-state index >= 15 is 0 Å². The van der Waals surface area contributed by atoms with Crippen LogP contribution in [-0.4, -0.2) is 55.6 Å². The summed E-state index contributed by atoms with van der Waals surface area (Å²) in [6.45, 7) is 6.08. The molecule has 20 heavy (non-hydrogen) atoms. The van der Waals surface area contributed by atoms with Crippen LogP contribution in [0.3, 0.4) is 0 Å². The summed E-state index contributed by atoms with van der Waals surface area (Å²) in [7, 11) is 0. The van der Waals surface area contributed by atoms with Gasteiger partial charge in [0, 0.05) is 24.7 Å². The number of aliphatic hydroxyl groups excluding tert-OH is 1. The third kappa shape index (κ3) is 5.46. The van der Waals surface area contributed by atoms with E-state index in [1.807, 2.05) is 19.1 Å². The molecule has 1 fully saturated rings. The minimum Gasteiger partial charge on any atom is -0.491 e. The Balaban J connectivity index is 0.00000200. The van der Waals surface area contributed by atoms with E-state index in [0.717, 1.165) is 37.6 Å². The molecule has 114 valence electrons. The van der Waals surface area contributed by atoms with E-state index in [1.54, 1.807) is 6.07 Å². The Labute approximate surface area is 131 Å². The minimum atomic E-state index is -0.492. The van der Waals surface area contributed by atoms with E-state index < -0.39 is 6.10 Å². The fourth-order valence-corrected chi connectivity index (χ4v) is 2.32. The molecule has 1 aliphatic heterocycles. The molecule has 0 spiro atoms. The molecule has 1 aromatic rings. The van der Waals surface area contributed by atoms with Crippen LogP contribution in [0.1, 0.15) is 5.56 Å². The number of halogens is 2. The second-order valence-electron chi connectivity index (χ2n) is 4.79. The van der Waals surface area contributed by atoms with Gasteiger partial charge in [-0.15, -0.1) is 12.4 Å². The highest BCUT2D eigenvalue weighted by Crippen LogP contribution is 2.21. The van der Waals surface area contributed by atoms with Crippen molar-refractivity contribution < 1.29 is 14.6 Å². The molecule has 0 bridgehead atoms. The Morgan fingerprint density at radius 1 is 1.40 bits per heavy atom. The van der Waals surface area contributed by atoms with E-state index in [0.29, 0.717) is 18.2 Å². The Kier molecular flexibility index (Phi) is 7.62. The van der Waals surface area contributed by atoms with Crippen LogP contribution in [0.5, 0.6) is 5.75 Å². The Hall–Kier alpha value is -0.520. The summed E-state index contributed by atoms with van der Waals surface area (Å²) in [5.74, 6) is 0.769. The van der Waals surface area contributed by atoms with Gasteiger partial charge in [-0.1, -0.05) is 11.6 Å². The molecule has 0 aromatic heterocycles. The van der Waals surface area contributed by atoms with Crippen molar-refractivity contribution in [3.05, 3.63) is 28.8 Å². The van der Waals surface area contributed by atoms with Crippen LogP contribution in [0.4, 0.5) is 0 Å². The molecule has 1 atom stereocenters. The van der Waals surface area contributed by atoms with Crippen molar-refractivity contribution in [2.45, 2.75) is 13.0 Å². The highest BCUT2D eigenvalue weighted by Gasteiger charge is 2.15. The lowest BCUT2D eigenvalue weighted by molar-refractivity contribution is 0.00460. The normalized spacial score (nSPS) is 17.4. The number of aliphatic hydroxyl groups is 1. The molecular weight excluding hydrogens is 301 g/mol. The van der Waals surface area contributed by atoms with Gasteiger partial charge in [0.1, 0.15) is 18.5 Å². The van der Waals surface area contributed by atoms with Gasteiger partial charge in [-0.05, 0) is 30.7 Å². The summed E-state index contributed by atoms with van der Waals surface area (Å²) < 4.78 is 10.9. The molecule has 0 aliphatic carbocycles. The highest BCUT2D eigenvalue weighted by atomic mass is 35.5. The summed E-state index contributed by atoms with van der Waals surface area (Å²) in [6.07, 6.45) is -0.492. The van der Waals surface area contributed by atoms with Crippen LogP contribution in [0.25, 0.3) is 0 Å². The maximum atomic E-state index is 9.97. The fraction of sp³-hybridized carbons (Fsp3) is 0.571. The predicted molar refractivity (Wildman–Crippen MR) is 82.2 cm³/mol. The smallest absolute Gasteiger partial charge is 0.122 e. The van der Waals surface area contributed by atoms with Crippen molar-refractivity contribution in [2.24, 2.45) is 0 Å². The van der Waals surface area contributed by atoms with E-state index in [1.165, 1.54) is 0 Å². The van der Waals surface area contributed by atoms with Crippen LogP contribution >= 0.6 is 24.0 Å². The van der Waals surface area contributed by atoms with Crippen LogP contribution in [-0.2, 0) is 4.74 Å². The molecule has 0 amide bonds. The van der Waals surface area contributed by atoms with Gasteiger partial charge in [0.25, 0.3) is 0 Å². The van der Waals surface area contributed by atoms with Crippen molar-refractivity contribution in [3.63, 3.8) is 0 Å². The largest absolute Gasteiger partial charge is 0.491 e. The molecule has 1 aliphatic rings. The van der Waals surface area contributed by atoms with Crippen LogP contribution in [0.15, 0.2) is 18.2 Å². The number of hydrogen-bond donors (Lipinski definition) is 1. The summed E-state index contributed by atoms with van der Waals surface area (Å²) in [4.78, 5) is 2.19. The molecule has 1 aromatic carbocycles. The zero-order chi connectivity index (χ0) is 13.7. The fourth-order valence-electron chi connectivity index (χ4n) is 2.10. The molecule has 1 saturated heterocycles. The standard InChI is InChI=1S/C14H20ClNO3.ClH/c1-11-8-12(15)2-3-14(11)19-10-13(17)9-16-4-6-18-7-5-16;/h2-3,8,13,17H,4-7,9-10H2,1H3;1H. The summed E-state index contributed by atoms with van der Waals surface area (Å²) in [6, 6.07) is 5.47. The third-order valence-electron chi connectivity index (χ3n) is 3.14.